The fourth-order valence-corrected chi connectivity index (χ4v) is 2.97. The maximum atomic E-state index is 13.1. The van der Waals surface area contributed by atoms with E-state index in [9.17, 15) is 4.79 Å². The average molecular weight is 333 g/mol. The summed E-state index contributed by atoms with van der Waals surface area (Å²) in [6, 6.07) is 10.2. The molecule has 1 rings (SSSR count). The normalized spacial score (nSPS) is 10.6. The predicted molar refractivity (Wildman–Crippen MR) is 105 cm³/mol. The molecule has 0 atom stereocenters. The highest BCUT2D eigenvalue weighted by atomic mass is 16.2. The molecule has 0 unspecified atom stereocenters. The Morgan fingerprint density at radius 2 is 1.33 bits per heavy atom. The molecule has 0 aromatic heterocycles. The Balaban J connectivity index is 2.68. The third-order valence-corrected chi connectivity index (χ3v) is 4.45. The van der Waals surface area contributed by atoms with E-state index in [1.54, 1.807) is 0 Å². The van der Waals surface area contributed by atoms with Gasteiger partial charge in [0.25, 0.3) is 0 Å². The lowest BCUT2D eigenvalue weighted by molar-refractivity contribution is 0.202. The van der Waals surface area contributed by atoms with Crippen LogP contribution in [0, 0.1) is 0 Å². The van der Waals surface area contributed by atoms with E-state index in [2.05, 4.69) is 25.7 Å². The first-order chi connectivity index (χ1) is 11.7. The summed E-state index contributed by atoms with van der Waals surface area (Å²) in [5.74, 6) is 0. The molecule has 0 bridgehead atoms. The van der Waals surface area contributed by atoms with Gasteiger partial charge in [-0.3, -0.25) is 4.90 Å². The van der Waals surface area contributed by atoms with Crippen LogP contribution < -0.4 is 4.90 Å². The van der Waals surface area contributed by atoms with Gasteiger partial charge >= 0.3 is 6.03 Å². The predicted octanol–water partition coefficient (Wildman–Crippen LogP) is 6.10. The number of hydrogen-bond acceptors (Lipinski definition) is 1. The third kappa shape index (κ3) is 7.37. The van der Waals surface area contributed by atoms with Crippen LogP contribution >= 0.6 is 0 Å². The van der Waals surface area contributed by atoms with Gasteiger partial charge in [-0.1, -0.05) is 70.6 Å². The number of benzene rings is 1. The second kappa shape index (κ2) is 12.9. The molecular formula is C21H36N2O. The lowest BCUT2D eigenvalue weighted by atomic mass is 10.1. The van der Waals surface area contributed by atoms with Gasteiger partial charge in [0.2, 0.25) is 0 Å². The summed E-state index contributed by atoms with van der Waals surface area (Å²) in [4.78, 5) is 17.0. The van der Waals surface area contributed by atoms with Crippen LogP contribution in [0.1, 0.15) is 72.1 Å². The molecule has 2 amide bonds. The summed E-state index contributed by atoms with van der Waals surface area (Å²) in [5, 5.41) is 0. The van der Waals surface area contributed by atoms with Gasteiger partial charge in [-0.05, 0) is 31.9 Å². The quantitative estimate of drug-likeness (QED) is 0.424. The number of carbonyl (C=O) groups is 1. The summed E-state index contributed by atoms with van der Waals surface area (Å²) in [7, 11) is 0. The Morgan fingerprint density at radius 3 is 1.79 bits per heavy atom. The van der Waals surface area contributed by atoms with E-state index in [-0.39, 0.29) is 6.03 Å². The minimum absolute atomic E-state index is 0.164. The van der Waals surface area contributed by atoms with Gasteiger partial charge < -0.3 is 4.90 Å². The number of hydrogen-bond donors (Lipinski definition) is 0. The number of nitrogens with zero attached hydrogens (tertiary/aromatic N) is 2. The first-order valence-electron chi connectivity index (χ1n) is 9.86. The minimum Gasteiger partial charge on any atom is -0.324 e. The van der Waals surface area contributed by atoms with Crippen molar-refractivity contribution < 1.29 is 4.79 Å². The van der Waals surface area contributed by atoms with Crippen LogP contribution in [0.4, 0.5) is 10.5 Å². The second-order valence-corrected chi connectivity index (χ2v) is 6.47. The first-order valence-corrected chi connectivity index (χ1v) is 9.86. The highest BCUT2D eigenvalue weighted by molar-refractivity contribution is 5.91. The van der Waals surface area contributed by atoms with Crippen molar-refractivity contribution in [3.8, 4) is 0 Å². The molecule has 1 aromatic carbocycles. The van der Waals surface area contributed by atoms with Crippen molar-refractivity contribution in [1.29, 1.82) is 0 Å². The summed E-state index contributed by atoms with van der Waals surface area (Å²) < 4.78 is 0. The van der Waals surface area contributed by atoms with E-state index in [0.29, 0.717) is 6.54 Å². The Labute approximate surface area is 149 Å². The van der Waals surface area contributed by atoms with E-state index < -0.39 is 0 Å². The average Bonchev–Trinajstić information content (AvgIpc) is 2.62. The molecule has 136 valence electrons. The molecule has 1 aromatic rings. The van der Waals surface area contributed by atoms with Gasteiger partial charge in [-0.2, -0.15) is 0 Å². The molecule has 3 heteroatoms. The highest BCUT2D eigenvalue weighted by Gasteiger charge is 2.20. The van der Waals surface area contributed by atoms with E-state index in [1.165, 1.54) is 38.5 Å². The number of amides is 2. The lowest BCUT2D eigenvalue weighted by Gasteiger charge is -2.30. The van der Waals surface area contributed by atoms with E-state index in [4.69, 9.17) is 0 Å². The van der Waals surface area contributed by atoms with Crippen LogP contribution in [0.2, 0.25) is 0 Å². The Morgan fingerprint density at radius 1 is 0.792 bits per heavy atom. The first kappa shape index (κ1) is 20.5. The molecule has 0 saturated heterocycles. The summed E-state index contributed by atoms with van der Waals surface area (Å²) in [6.07, 6.45) is 9.63. The maximum Gasteiger partial charge on any atom is 0.324 e. The number of unbranched alkanes of at least 4 members (excludes halogenated alkanes) is 6. The largest absolute Gasteiger partial charge is 0.324 e. The van der Waals surface area contributed by atoms with E-state index in [1.807, 2.05) is 35.2 Å². The standard InChI is InChI=1S/C21H36N2O/c1-4-7-9-14-18-22(19-15-10-8-5-2)21(24)23(6-3)20-16-12-11-13-17-20/h11-13,16-17H,4-10,14-15,18-19H2,1-3H3. The van der Waals surface area contributed by atoms with Crippen molar-refractivity contribution in [2.45, 2.75) is 72.1 Å². The molecule has 0 heterocycles. The third-order valence-electron chi connectivity index (χ3n) is 4.45. The monoisotopic (exact) mass is 332 g/mol. The Kier molecular flexibility index (Phi) is 11.0. The zero-order valence-corrected chi connectivity index (χ0v) is 16.0. The van der Waals surface area contributed by atoms with Crippen LogP contribution in [0.15, 0.2) is 30.3 Å². The molecule has 24 heavy (non-hydrogen) atoms. The molecule has 0 aliphatic heterocycles. The number of urea groups is 1. The topological polar surface area (TPSA) is 23.6 Å². The highest BCUT2D eigenvalue weighted by Crippen LogP contribution is 2.16. The molecule has 0 saturated carbocycles. The van der Waals surface area contributed by atoms with Crippen LogP contribution in [0.5, 0.6) is 0 Å². The van der Waals surface area contributed by atoms with Gasteiger partial charge in [0.05, 0.1) is 0 Å². The summed E-state index contributed by atoms with van der Waals surface area (Å²) in [6.45, 7) is 8.98. The van der Waals surface area contributed by atoms with Crippen molar-refractivity contribution in [1.82, 2.24) is 4.90 Å². The fraction of sp³-hybridized carbons (Fsp3) is 0.667. The zero-order valence-electron chi connectivity index (χ0n) is 16.0. The second-order valence-electron chi connectivity index (χ2n) is 6.47. The summed E-state index contributed by atoms with van der Waals surface area (Å²) >= 11 is 0. The van der Waals surface area contributed by atoms with Crippen LogP contribution in [-0.4, -0.2) is 30.6 Å². The zero-order chi connectivity index (χ0) is 17.6. The van der Waals surface area contributed by atoms with Crippen LogP contribution in [-0.2, 0) is 0 Å². The Hall–Kier alpha value is -1.51. The van der Waals surface area contributed by atoms with Crippen molar-refractivity contribution in [3.05, 3.63) is 30.3 Å². The lowest BCUT2D eigenvalue weighted by Crippen LogP contribution is -2.44. The van der Waals surface area contributed by atoms with Crippen molar-refractivity contribution in [3.63, 3.8) is 0 Å². The molecule has 0 aliphatic carbocycles. The Bertz CT molecular complexity index is 421. The van der Waals surface area contributed by atoms with Crippen molar-refractivity contribution in [2.75, 3.05) is 24.5 Å². The maximum absolute atomic E-state index is 13.1. The van der Waals surface area contributed by atoms with Crippen molar-refractivity contribution in [2.24, 2.45) is 0 Å². The minimum atomic E-state index is 0.164. The van der Waals surface area contributed by atoms with Gasteiger partial charge in [-0.15, -0.1) is 0 Å². The molecule has 0 radical (unpaired) electrons. The number of rotatable bonds is 12. The van der Waals surface area contributed by atoms with Crippen LogP contribution in [0.3, 0.4) is 0 Å². The molecule has 0 aliphatic rings. The smallest absolute Gasteiger partial charge is 0.324 e. The number of para-hydroxylation sites is 1. The van der Waals surface area contributed by atoms with Gasteiger partial charge in [0.1, 0.15) is 0 Å². The van der Waals surface area contributed by atoms with E-state index in [0.717, 1.165) is 31.6 Å². The van der Waals surface area contributed by atoms with Gasteiger partial charge in [0, 0.05) is 25.3 Å². The van der Waals surface area contributed by atoms with Gasteiger partial charge in [0.15, 0.2) is 0 Å². The molecule has 3 nitrogen and oxygen atoms in total. The fourth-order valence-electron chi connectivity index (χ4n) is 2.97. The van der Waals surface area contributed by atoms with E-state index >= 15 is 0 Å². The number of anilines is 1. The van der Waals surface area contributed by atoms with Crippen LogP contribution in [0.25, 0.3) is 0 Å². The molecule has 0 spiro atoms. The van der Waals surface area contributed by atoms with Crippen molar-refractivity contribution >= 4 is 11.7 Å². The molecule has 0 N–H and O–H groups in total. The molecule has 0 fully saturated rings. The SMILES string of the molecule is CCCCCCN(CCCCCC)C(=O)N(CC)c1ccccc1. The molecular weight excluding hydrogens is 296 g/mol. The summed E-state index contributed by atoms with van der Waals surface area (Å²) in [5.41, 5.74) is 0.997. The van der Waals surface area contributed by atoms with Gasteiger partial charge in [-0.25, -0.2) is 4.79 Å². The number of carbonyl (C=O) groups excluding carboxylic acids is 1.